The van der Waals surface area contributed by atoms with Gasteiger partial charge in [0, 0.05) is 23.6 Å². The lowest BCUT2D eigenvalue weighted by Gasteiger charge is -2.39. The van der Waals surface area contributed by atoms with Gasteiger partial charge in [-0.25, -0.2) is 0 Å². The van der Waals surface area contributed by atoms with E-state index in [1.165, 1.54) is 0 Å². The van der Waals surface area contributed by atoms with Gasteiger partial charge in [0.05, 0.1) is 11.8 Å². The van der Waals surface area contributed by atoms with E-state index in [1.54, 1.807) is 0 Å². The predicted molar refractivity (Wildman–Crippen MR) is 80.7 cm³/mol. The second-order valence-corrected chi connectivity index (χ2v) is 7.63. The number of thioether (sulfide) groups is 1. The van der Waals surface area contributed by atoms with Gasteiger partial charge in [0.25, 0.3) is 0 Å². The number of carbonyl (C=O) groups excluding carboxylic acids is 1. The molecule has 4 nitrogen and oxygen atoms in total. The van der Waals surface area contributed by atoms with E-state index in [9.17, 15) is 14.7 Å². The van der Waals surface area contributed by atoms with Crippen molar-refractivity contribution in [3.63, 3.8) is 0 Å². The number of amides is 1. The van der Waals surface area contributed by atoms with Crippen molar-refractivity contribution in [1.82, 2.24) is 4.90 Å². The Balaban J connectivity index is 2.12. The van der Waals surface area contributed by atoms with Gasteiger partial charge in [0.1, 0.15) is 0 Å². The summed E-state index contributed by atoms with van der Waals surface area (Å²) in [5, 5.41) is 9.82. The Labute approximate surface area is 125 Å². The summed E-state index contributed by atoms with van der Waals surface area (Å²) >= 11 is 1.89. The first-order valence-corrected chi connectivity index (χ1v) is 8.65. The molecule has 2 rings (SSSR count). The number of hydrogen-bond donors (Lipinski definition) is 1. The predicted octanol–water partition coefficient (Wildman–Crippen LogP) is 2.48. The summed E-state index contributed by atoms with van der Waals surface area (Å²) < 4.78 is 0. The molecule has 2 fully saturated rings. The molecule has 5 unspecified atom stereocenters. The van der Waals surface area contributed by atoms with E-state index in [4.69, 9.17) is 0 Å². The number of carboxylic acids is 1. The van der Waals surface area contributed by atoms with Crippen LogP contribution in [0.2, 0.25) is 0 Å². The molecule has 1 amide bonds. The third-order valence-corrected chi connectivity index (χ3v) is 6.38. The first kappa shape index (κ1) is 15.7. The fourth-order valence-electron chi connectivity index (χ4n) is 3.48. The van der Waals surface area contributed by atoms with Crippen molar-refractivity contribution in [3.8, 4) is 0 Å². The van der Waals surface area contributed by atoms with Crippen LogP contribution in [0, 0.1) is 17.8 Å². The number of carboxylic acid groups (broad SMARTS) is 1. The summed E-state index contributed by atoms with van der Waals surface area (Å²) in [4.78, 5) is 26.1. The third kappa shape index (κ3) is 2.97. The van der Waals surface area contributed by atoms with Crippen LogP contribution in [0.4, 0.5) is 0 Å². The van der Waals surface area contributed by atoms with Crippen molar-refractivity contribution in [2.75, 3.05) is 12.3 Å². The quantitative estimate of drug-likeness (QED) is 0.870. The van der Waals surface area contributed by atoms with E-state index >= 15 is 0 Å². The molecule has 5 heteroatoms. The molecule has 5 atom stereocenters. The van der Waals surface area contributed by atoms with Crippen LogP contribution >= 0.6 is 11.8 Å². The van der Waals surface area contributed by atoms with Crippen LogP contribution in [0.1, 0.15) is 40.0 Å². The maximum atomic E-state index is 12.8. The van der Waals surface area contributed by atoms with Crippen LogP contribution in [-0.2, 0) is 9.59 Å². The normalized spacial score (nSPS) is 38.0. The fourth-order valence-corrected chi connectivity index (χ4v) is 4.58. The Kier molecular flexibility index (Phi) is 4.99. The van der Waals surface area contributed by atoms with Crippen molar-refractivity contribution in [2.45, 2.75) is 51.3 Å². The first-order valence-electron chi connectivity index (χ1n) is 7.60. The topological polar surface area (TPSA) is 57.6 Å². The zero-order chi connectivity index (χ0) is 14.9. The summed E-state index contributed by atoms with van der Waals surface area (Å²) in [6.07, 6.45) is 2.38. The second kappa shape index (κ2) is 6.37. The average molecular weight is 299 g/mol. The van der Waals surface area contributed by atoms with Gasteiger partial charge in [-0.15, -0.1) is 0 Å². The summed E-state index contributed by atoms with van der Waals surface area (Å²) in [5.74, 6) is -0.171. The fraction of sp³-hybridized carbons (Fsp3) is 0.867. The van der Waals surface area contributed by atoms with Gasteiger partial charge in [0.15, 0.2) is 0 Å². The van der Waals surface area contributed by atoms with Crippen molar-refractivity contribution in [2.24, 2.45) is 17.8 Å². The number of aliphatic carboxylic acids is 1. The molecule has 1 aliphatic heterocycles. The molecule has 0 aromatic rings. The Morgan fingerprint density at radius 3 is 2.50 bits per heavy atom. The molecule has 1 saturated carbocycles. The van der Waals surface area contributed by atoms with E-state index in [2.05, 4.69) is 20.8 Å². The van der Waals surface area contributed by atoms with Crippen LogP contribution in [0.25, 0.3) is 0 Å². The summed E-state index contributed by atoms with van der Waals surface area (Å²) in [6.45, 7) is 7.07. The molecule has 0 spiro atoms. The standard InChI is InChI=1S/C15H25NO3S/c1-4-11-7-12(13(8-11)15(18)19)14(17)16-5-6-20-10(3)9(16)2/h9-13H,4-8H2,1-3H3,(H,18,19). The molecule has 1 saturated heterocycles. The van der Waals surface area contributed by atoms with E-state index in [0.29, 0.717) is 17.6 Å². The van der Waals surface area contributed by atoms with Crippen molar-refractivity contribution < 1.29 is 14.7 Å². The van der Waals surface area contributed by atoms with Crippen LogP contribution in [-0.4, -0.2) is 45.5 Å². The molecular formula is C15H25NO3S. The SMILES string of the molecule is CCC1CC(C(=O)O)C(C(=O)N2CCSC(C)C2C)C1. The molecular weight excluding hydrogens is 274 g/mol. The van der Waals surface area contributed by atoms with Crippen LogP contribution in [0.5, 0.6) is 0 Å². The Bertz CT molecular complexity index is 387. The summed E-state index contributed by atoms with van der Waals surface area (Å²) in [5.41, 5.74) is 0. The van der Waals surface area contributed by atoms with Gasteiger partial charge in [0.2, 0.25) is 5.91 Å². The second-order valence-electron chi connectivity index (χ2n) is 6.15. The Morgan fingerprint density at radius 2 is 1.90 bits per heavy atom. The van der Waals surface area contributed by atoms with E-state index in [0.717, 1.165) is 25.1 Å². The zero-order valence-corrected chi connectivity index (χ0v) is 13.4. The monoisotopic (exact) mass is 299 g/mol. The van der Waals surface area contributed by atoms with Crippen LogP contribution < -0.4 is 0 Å². The summed E-state index contributed by atoms with van der Waals surface area (Å²) in [6, 6.07) is 0.205. The molecule has 1 heterocycles. The van der Waals surface area contributed by atoms with Gasteiger partial charge in [-0.05, 0) is 25.7 Å². The molecule has 20 heavy (non-hydrogen) atoms. The maximum Gasteiger partial charge on any atom is 0.307 e. The molecule has 0 aromatic carbocycles. The lowest BCUT2D eigenvalue weighted by atomic mass is 9.94. The Morgan fingerprint density at radius 1 is 1.25 bits per heavy atom. The number of rotatable bonds is 3. The van der Waals surface area contributed by atoms with Gasteiger partial charge >= 0.3 is 5.97 Å². The molecule has 114 valence electrons. The minimum atomic E-state index is -0.800. The Hall–Kier alpha value is -0.710. The van der Waals surface area contributed by atoms with Gasteiger partial charge in [-0.1, -0.05) is 20.3 Å². The highest BCUT2D eigenvalue weighted by Gasteiger charge is 2.45. The van der Waals surface area contributed by atoms with Gasteiger partial charge < -0.3 is 10.0 Å². The minimum absolute atomic E-state index is 0.0769. The smallest absolute Gasteiger partial charge is 0.307 e. The van der Waals surface area contributed by atoms with Gasteiger partial charge in [-0.2, -0.15) is 11.8 Å². The highest BCUT2D eigenvalue weighted by Crippen LogP contribution is 2.40. The summed E-state index contributed by atoms with van der Waals surface area (Å²) in [7, 11) is 0. The largest absolute Gasteiger partial charge is 0.481 e. The van der Waals surface area contributed by atoms with Crippen molar-refractivity contribution in [1.29, 1.82) is 0 Å². The van der Waals surface area contributed by atoms with E-state index in [1.807, 2.05) is 16.7 Å². The highest BCUT2D eigenvalue weighted by atomic mass is 32.2. The number of carbonyl (C=O) groups is 2. The van der Waals surface area contributed by atoms with Crippen molar-refractivity contribution >= 4 is 23.6 Å². The highest BCUT2D eigenvalue weighted by molar-refractivity contribution is 8.00. The molecule has 0 radical (unpaired) electrons. The molecule has 0 aromatic heterocycles. The lowest BCUT2D eigenvalue weighted by molar-refractivity contribution is -0.149. The zero-order valence-electron chi connectivity index (χ0n) is 12.5. The average Bonchev–Trinajstić information content (AvgIpc) is 2.85. The van der Waals surface area contributed by atoms with E-state index < -0.39 is 11.9 Å². The number of nitrogens with zero attached hydrogens (tertiary/aromatic N) is 1. The molecule has 2 aliphatic rings. The van der Waals surface area contributed by atoms with Gasteiger partial charge in [-0.3, -0.25) is 9.59 Å². The lowest BCUT2D eigenvalue weighted by Crippen LogP contribution is -2.51. The van der Waals surface area contributed by atoms with Crippen molar-refractivity contribution in [3.05, 3.63) is 0 Å². The number of hydrogen-bond acceptors (Lipinski definition) is 3. The van der Waals surface area contributed by atoms with Crippen LogP contribution in [0.3, 0.4) is 0 Å². The molecule has 1 N–H and O–H groups in total. The first-order chi connectivity index (χ1) is 9.45. The third-order valence-electron chi connectivity index (χ3n) is 5.04. The molecule has 1 aliphatic carbocycles. The van der Waals surface area contributed by atoms with E-state index in [-0.39, 0.29) is 17.9 Å². The van der Waals surface area contributed by atoms with Crippen LogP contribution in [0.15, 0.2) is 0 Å². The maximum absolute atomic E-state index is 12.8. The molecule has 0 bridgehead atoms. The minimum Gasteiger partial charge on any atom is -0.481 e.